The average Bonchev–Trinajstić information content (AvgIpc) is 2.32. The maximum absolute atomic E-state index is 11.7. The minimum atomic E-state index is -0.205. The van der Waals surface area contributed by atoms with Crippen LogP contribution in [0.3, 0.4) is 0 Å². The number of aryl methyl sites for hydroxylation is 1. The highest BCUT2D eigenvalue weighted by molar-refractivity contribution is 6.19. The first-order valence-electron chi connectivity index (χ1n) is 5.52. The van der Waals surface area contributed by atoms with Gasteiger partial charge in [-0.2, -0.15) is 0 Å². The zero-order valence-corrected chi connectivity index (χ0v) is 11.4. The maximum atomic E-state index is 11.7. The summed E-state index contributed by atoms with van der Waals surface area (Å²) < 4.78 is 5.31. The van der Waals surface area contributed by atoms with Crippen molar-refractivity contribution in [1.82, 2.24) is 0 Å². The first-order chi connectivity index (χ1) is 8.01. The number of hydrogen-bond donors (Lipinski definition) is 1. The summed E-state index contributed by atoms with van der Waals surface area (Å²) >= 11 is 5.65. The van der Waals surface area contributed by atoms with E-state index < -0.39 is 0 Å². The van der Waals surface area contributed by atoms with E-state index in [2.05, 4.69) is 5.32 Å². The summed E-state index contributed by atoms with van der Waals surface area (Å²) in [4.78, 5) is 11.7. The van der Waals surface area contributed by atoms with Crippen LogP contribution in [0.1, 0.15) is 18.1 Å². The molecule has 0 bridgehead atoms. The lowest BCUT2D eigenvalue weighted by Crippen LogP contribution is -2.22. The van der Waals surface area contributed by atoms with E-state index in [1.54, 1.807) is 14.0 Å². The minimum absolute atomic E-state index is 0.0750. The fourth-order valence-corrected chi connectivity index (χ4v) is 1.74. The zero-order valence-electron chi connectivity index (χ0n) is 10.6. The topological polar surface area (TPSA) is 38.3 Å². The molecule has 0 saturated heterocycles. The number of hydrogen-bond acceptors (Lipinski definition) is 2. The van der Waals surface area contributed by atoms with Crippen molar-refractivity contribution in [1.29, 1.82) is 0 Å². The van der Waals surface area contributed by atoms with Crippen LogP contribution in [0.15, 0.2) is 12.1 Å². The Balaban J connectivity index is 2.97. The highest BCUT2D eigenvalue weighted by Crippen LogP contribution is 2.29. The van der Waals surface area contributed by atoms with Gasteiger partial charge in [-0.05, 0) is 25.5 Å². The number of benzene rings is 1. The van der Waals surface area contributed by atoms with Gasteiger partial charge in [0.15, 0.2) is 0 Å². The first kappa shape index (κ1) is 13.8. The molecule has 4 heteroatoms. The monoisotopic (exact) mass is 255 g/mol. The Bertz CT molecular complexity index is 418. The second kappa shape index (κ2) is 5.92. The Kier molecular flexibility index (Phi) is 4.82. The SMILES string of the molecule is COc1c(C)ccc(NC(=O)C(C)CCl)c1C. The number of halogens is 1. The lowest BCUT2D eigenvalue weighted by atomic mass is 10.1. The molecule has 3 nitrogen and oxygen atoms in total. The fraction of sp³-hybridized carbons (Fsp3) is 0.462. The number of ether oxygens (including phenoxy) is 1. The molecule has 0 radical (unpaired) electrons. The van der Waals surface area contributed by atoms with E-state index >= 15 is 0 Å². The van der Waals surface area contributed by atoms with Crippen molar-refractivity contribution >= 4 is 23.2 Å². The summed E-state index contributed by atoms with van der Waals surface area (Å²) in [5.74, 6) is 0.840. The molecule has 1 aromatic carbocycles. The number of nitrogens with one attached hydrogen (secondary N) is 1. The van der Waals surface area contributed by atoms with Crippen molar-refractivity contribution in [2.75, 3.05) is 18.3 Å². The molecule has 0 aliphatic carbocycles. The molecule has 0 heterocycles. The zero-order chi connectivity index (χ0) is 13.0. The second-order valence-corrected chi connectivity index (χ2v) is 4.44. The normalized spacial score (nSPS) is 12.1. The summed E-state index contributed by atoms with van der Waals surface area (Å²) in [6.45, 7) is 5.69. The third-order valence-corrected chi connectivity index (χ3v) is 3.21. The van der Waals surface area contributed by atoms with Gasteiger partial charge >= 0.3 is 0 Å². The maximum Gasteiger partial charge on any atom is 0.228 e. The number of anilines is 1. The number of methoxy groups -OCH3 is 1. The van der Waals surface area contributed by atoms with Crippen molar-refractivity contribution in [3.63, 3.8) is 0 Å². The summed E-state index contributed by atoms with van der Waals surface area (Å²) in [6, 6.07) is 3.80. The van der Waals surface area contributed by atoms with E-state index in [0.29, 0.717) is 5.88 Å². The first-order valence-corrected chi connectivity index (χ1v) is 6.05. The van der Waals surface area contributed by atoms with Gasteiger partial charge in [-0.1, -0.05) is 13.0 Å². The van der Waals surface area contributed by atoms with E-state index in [1.807, 2.05) is 26.0 Å². The number of carbonyl (C=O) groups excluding carboxylic acids is 1. The Morgan fingerprint density at radius 2 is 2.12 bits per heavy atom. The van der Waals surface area contributed by atoms with Gasteiger partial charge < -0.3 is 10.1 Å². The van der Waals surface area contributed by atoms with Gasteiger partial charge in [-0.25, -0.2) is 0 Å². The third kappa shape index (κ3) is 3.13. The van der Waals surface area contributed by atoms with Crippen LogP contribution in [-0.4, -0.2) is 18.9 Å². The predicted octanol–water partition coefficient (Wildman–Crippen LogP) is 3.13. The molecule has 0 aromatic heterocycles. The van der Waals surface area contributed by atoms with E-state index in [4.69, 9.17) is 16.3 Å². The van der Waals surface area contributed by atoms with Gasteiger partial charge in [-0.15, -0.1) is 11.6 Å². The van der Waals surface area contributed by atoms with Crippen molar-refractivity contribution in [3.05, 3.63) is 23.3 Å². The van der Waals surface area contributed by atoms with Crippen LogP contribution in [0.5, 0.6) is 5.75 Å². The van der Waals surface area contributed by atoms with Gasteiger partial charge in [0.1, 0.15) is 5.75 Å². The third-order valence-electron chi connectivity index (χ3n) is 2.74. The summed E-state index contributed by atoms with van der Waals surface area (Å²) in [5, 5.41) is 2.86. The molecule has 1 amide bonds. The number of rotatable bonds is 4. The highest BCUT2D eigenvalue weighted by atomic mass is 35.5. The van der Waals surface area contributed by atoms with Crippen LogP contribution < -0.4 is 10.1 Å². The van der Waals surface area contributed by atoms with Crippen LogP contribution in [0.2, 0.25) is 0 Å². The predicted molar refractivity (Wildman–Crippen MR) is 71.0 cm³/mol. The number of alkyl halides is 1. The molecule has 17 heavy (non-hydrogen) atoms. The lowest BCUT2D eigenvalue weighted by molar-refractivity contribution is -0.118. The smallest absolute Gasteiger partial charge is 0.228 e. The number of amides is 1. The molecule has 0 aliphatic heterocycles. The molecule has 1 aromatic rings. The molecule has 0 saturated carbocycles. The quantitative estimate of drug-likeness (QED) is 0.840. The molecule has 1 rings (SSSR count). The van der Waals surface area contributed by atoms with Gasteiger partial charge in [0.05, 0.1) is 7.11 Å². The van der Waals surface area contributed by atoms with E-state index in [1.165, 1.54) is 0 Å². The lowest BCUT2D eigenvalue weighted by Gasteiger charge is -2.15. The van der Waals surface area contributed by atoms with Gasteiger partial charge in [0, 0.05) is 23.0 Å². The minimum Gasteiger partial charge on any atom is -0.496 e. The second-order valence-electron chi connectivity index (χ2n) is 4.13. The average molecular weight is 256 g/mol. The molecule has 1 atom stereocenters. The molecule has 0 spiro atoms. The van der Waals surface area contributed by atoms with Gasteiger partial charge in [-0.3, -0.25) is 4.79 Å². The van der Waals surface area contributed by atoms with Crippen molar-refractivity contribution in [2.45, 2.75) is 20.8 Å². The van der Waals surface area contributed by atoms with Gasteiger partial charge in [0.2, 0.25) is 5.91 Å². The van der Waals surface area contributed by atoms with Crippen LogP contribution in [-0.2, 0) is 4.79 Å². The molecular formula is C13H18ClNO2. The van der Waals surface area contributed by atoms with Gasteiger partial charge in [0.25, 0.3) is 0 Å². The van der Waals surface area contributed by atoms with Crippen LogP contribution in [0.4, 0.5) is 5.69 Å². The summed E-state index contributed by atoms with van der Waals surface area (Å²) in [7, 11) is 1.63. The van der Waals surface area contributed by atoms with Crippen LogP contribution in [0, 0.1) is 19.8 Å². The molecule has 1 N–H and O–H groups in total. The Labute approximate surface area is 107 Å². The highest BCUT2D eigenvalue weighted by Gasteiger charge is 2.14. The van der Waals surface area contributed by atoms with E-state index in [0.717, 1.165) is 22.6 Å². The van der Waals surface area contributed by atoms with Crippen LogP contribution in [0.25, 0.3) is 0 Å². The Morgan fingerprint density at radius 3 is 2.65 bits per heavy atom. The van der Waals surface area contributed by atoms with Crippen molar-refractivity contribution in [2.24, 2.45) is 5.92 Å². The van der Waals surface area contributed by atoms with Crippen LogP contribution >= 0.6 is 11.6 Å². The largest absolute Gasteiger partial charge is 0.496 e. The molecular weight excluding hydrogens is 238 g/mol. The van der Waals surface area contributed by atoms with E-state index in [-0.39, 0.29) is 11.8 Å². The van der Waals surface area contributed by atoms with Crippen molar-refractivity contribution in [3.8, 4) is 5.75 Å². The molecule has 0 fully saturated rings. The molecule has 94 valence electrons. The fourth-order valence-electron chi connectivity index (χ4n) is 1.60. The summed E-state index contributed by atoms with van der Waals surface area (Å²) in [6.07, 6.45) is 0. The molecule has 1 unspecified atom stereocenters. The standard InChI is InChI=1S/C13H18ClNO2/c1-8-5-6-11(10(3)12(8)17-4)15-13(16)9(2)7-14/h5-6,9H,7H2,1-4H3,(H,15,16). The molecule has 0 aliphatic rings. The van der Waals surface area contributed by atoms with Crippen molar-refractivity contribution < 1.29 is 9.53 Å². The van der Waals surface area contributed by atoms with E-state index in [9.17, 15) is 4.79 Å². The Hall–Kier alpha value is -1.22. The Morgan fingerprint density at radius 1 is 1.47 bits per heavy atom. The number of carbonyl (C=O) groups is 1. The summed E-state index contributed by atoms with van der Waals surface area (Å²) in [5.41, 5.74) is 2.76.